The van der Waals surface area contributed by atoms with Crippen LogP contribution in [0.3, 0.4) is 0 Å². The van der Waals surface area contributed by atoms with Gasteiger partial charge in [-0.05, 0) is 39.5 Å². The fourth-order valence-corrected chi connectivity index (χ4v) is 3.84. The molecule has 0 saturated carbocycles. The van der Waals surface area contributed by atoms with Crippen molar-refractivity contribution in [3.8, 4) is 0 Å². The lowest BCUT2D eigenvalue weighted by molar-refractivity contribution is -0.0322. The third-order valence-electron chi connectivity index (χ3n) is 5.40. The van der Waals surface area contributed by atoms with Crippen LogP contribution in [0.25, 0.3) is 0 Å². The number of amides is 1. The molecule has 2 aromatic rings. The maximum absolute atomic E-state index is 12.9. The molecule has 1 N–H and O–H groups in total. The van der Waals surface area contributed by atoms with Crippen LogP contribution in [0.2, 0.25) is 0 Å². The number of carbonyl (C=O) groups is 1. The van der Waals surface area contributed by atoms with Crippen molar-refractivity contribution in [2.45, 2.75) is 64.1 Å². The van der Waals surface area contributed by atoms with Gasteiger partial charge in [-0.1, -0.05) is 5.21 Å². The van der Waals surface area contributed by atoms with Gasteiger partial charge in [-0.2, -0.15) is 0 Å². The average Bonchev–Trinajstić information content (AvgIpc) is 3.28. The average molecular weight is 358 g/mol. The molecule has 8 nitrogen and oxygen atoms in total. The molecular formula is C18H26N6O2. The van der Waals surface area contributed by atoms with Gasteiger partial charge in [-0.3, -0.25) is 4.79 Å². The number of imidazole rings is 1. The van der Waals surface area contributed by atoms with E-state index in [2.05, 4.69) is 19.9 Å². The summed E-state index contributed by atoms with van der Waals surface area (Å²) in [5.74, 6) is 0.882. The number of β-amino-alcohol motifs (C(OH)–C–C–N with tert-alkyl or cyclic N) is 1. The Bertz CT molecular complexity index is 787. The minimum Gasteiger partial charge on any atom is -0.382 e. The predicted molar refractivity (Wildman–Crippen MR) is 94.6 cm³/mol. The monoisotopic (exact) mass is 358 g/mol. The largest absolute Gasteiger partial charge is 0.382 e. The van der Waals surface area contributed by atoms with Crippen LogP contribution >= 0.6 is 0 Å². The number of hydrogen-bond donors (Lipinski definition) is 1. The Morgan fingerprint density at radius 1 is 1.23 bits per heavy atom. The summed E-state index contributed by atoms with van der Waals surface area (Å²) in [4.78, 5) is 19.2. The highest BCUT2D eigenvalue weighted by atomic mass is 16.3. The zero-order valence-corrected chi connectivity index (χ0v) is 15.4. The highest BCUT2D eigenvalue weighted by Gasteiger charge is 2.40. The Balaban J connectivity index is 1.53. The lowest BCUT2D eigenvalue weighted by Gasteiger charge is -2.37. The number of nitrogens with zero attached hydrogens (tertiary/aromatic N) is 6. The van der Waals surface area contributed by atoms with Gasteiger partial charge in [0.25, 0.3) is 5.91 Å². The van der Waals surface area contributed by atoms with Gasteiger partial charge in [0.1, 0.15) is 22.8 Å². The zero-order chi connectivity index (χ0) is 18.3. The second-order valence-electron chi connectivity index (χ2n) is 7.73. The first-order valence-electron chi connectivity index (χ1n) is 9.46. The minimum absolute atomic E-state index is 0.110. The smallest absolute Gasteiger partial charge is 0.274 e. The summed E-state index contributed by atoms with van der Waals surface area (Å²) >= 11 is 0. The number of hydrogen-bond acceptors (Lipinski definition) is 5. The summed E-state index contributed by atoms with van der Waals surface area (Å²) in [6.07, 6.45) is 8.13. The summed E-state index contributed by atoms with van der Waals surface area (Å²) in [7, 11) is 0. The van der Waals surface area contributed by atoms with Crippen molar-refractivity contribution in [1.82, 2.24) is 29.4 Å². The van der Waals surface area contributed by atoms with E-state index in [-0.39, 0.29) is 18.5 Å². The molecule has 0 radical (unpaired) electrons. The molecular weight excluding hydrogens is 332 g/mol. The summed E-state index contributed by atoms with van der Waals surface area (Å²) in [6, 6.07) is 0.179. The second kappa shape index (κ2) is 6.50. The molecule has 0 spiro atoms. The molecule has 0 aromatic carbocycles. The van der Waals surface area contributed by atoms with Crippen LogP contribution in [0.1, 0.15) is 67.6 Å². The Labute approximate surface area is 152 Å². The molecule has 1 amide bonds. The zero-order valence-electron chi connectivity index (χ0n) is 15.4. The number of likely N-dealkylation sites (tertiary alicyclic amines) is 1. The van der Waals surface area contributed by atoms with Crippen LogP contribution in [0.5, 0.6) is 0 Å². The predicted octanol–water partition coefficient (Wildman–Crippen LogP) is 1.52. The van der Waals surface area contributed by atoms with Gasteiger partial charge in [0, 0.05) is 31.7 Å². The third-order valence-corrected chi connectivity index (χ3v) is 5.40. The van der Waals surface area contributed by atoms with E-state index in [1.54, 1.807) is 15.8 Å². The molecule has 0 bridgehead atoms. The van der Waals surface area contributed by atoms with Crippen molar-refractivity contribution in [2.75, 3.05) is 13.1 Å². The molecule has 8 heteroatoms. The summed E-state index contributed by atoms with van der Waals surface area (Å²) in [5, 5.41) is 19.4. The molecule has 2 aliphatic rings. The first kappa shape index (κ1) is 17.2. The van der Waals surface area contributed by atoms with E-state index < -0.39 is 5.60 Å². The van der Waals surface area contributed by atoms with Crippen molar-refractivity contribution < 1.29 is 9.90 Å². The van der Waals surface area contributed by atoms with E-state index in [9.17, 15) is 9.90 Å². The molecule has 1 fully saturated rings. The maximum Gasteiger partial charge on any atom is 0.274 e. The molecule has 2 aliphatic heterocycles. The number of aryl methyl sites for hydroxylation is 2. The van der Waals surface area contributed by atoms with Crippen molar-refractivity contribution >= 4 is 5.91 Å². The van der Waals surface area contributed by atoms with Gasteiger partial charge < -0.3 is 14.6 Å². The summed E-state index contributed by atoms with van der Waals surface area (Å²) in [6.45, 7) is 5.81. The van der Waals surface area contributed by atoms with E-state index in [0.29, 0.717) is 24.4 Å². The number of rotatable bonds is 3. The maximum atomic E-state index is 12.9. The Morgan fingerprint density at radius 2 is 2.08 bits per heavy atom. The lowest BCUT2D eigenvalue weighted by Crippen LogP contribution is -2.48. The third kappa shape index (κ3) is 3.02. The van der Waals surface area contributed by atoms with Crippen LogP contribution < -0.4 is 0 Å². The van der Waals surface area contributed by atoms with Crippen LogP contribution in [-0.4, -0.2) is 53.5 Å². The van der Waals surface area contributed by atoms with E-state index in [4.69, 9.17) is 0 Å². The number of aliphatic hydroxyl groups is 1. The Morgan fingerprint density at radius 3 is 2.81 bits per heavy atom. The highest BCUT2D eigenvalue weighted by molar-refractivity contribution is 5.92. The van der Waals surface area contributed by atoms with Crippen LogP contribution in [0.4, 0.5) is 0 Å². The molecule has 2 aromatic heterocycles. The molecule has 1 saturated heterocycles. The van der Waals surface area contributed by atoms with Gasteiger partial charge in [-0.15, -0.1) is 5.10 Å². The molecule has 0 aliphatic carbocycles. The van der Waals surface area contributed by atoms with Gasteiger partial charge in [0.2, 0.25) is 0 Å². The van der Waals surface area contributed by atoms with Crippen molar-refractivity contribution in [3.05, 3.63) is 29.6 Å². The van der Waals surface area contributed by atoms with Gasteiger partial charge in [0.05, 0.1) is 12.7 Å². The molecule has 0 unspecified atom stereocenters. The van der Waals surface area contributed by atoms with E-state index in [1.165, 1.54) is 0 Å². The van der Waals surface area contributed by atoms with Crippen LogP contribution in [0, 0.1) is 0 Å². The number of aromatic nitrogens is 5. The summed E-state index contributed by atoms with van der Waals surface area (Å²) in [5.41, 5.74) is -0.134. The quantitative estimate of drug-likeness (QED) is 0.898. The Kier molecular flexibility index (Phi) is 4.30. The fourth-order valence-electron chi connectivity index (χ4n) is 3.84. The lowest BCUT2D eigenvalue weighted by atomic mass is 9.90. The first-order valence-corrected chi connectivity index (χ1v) is 9.46. The standard InChI is InChI=1S/C18H26N6O2/c1-13(2)24-11-15(20-21-24)18(26)7-5-9-23(12-18)17(25)14-10-22-8-4-3-6-16(22)19-14/h10-11,13,26H,3-9,12H2,1-2H3/t18-/m0/s1. The fraction of sp³-hybridized carbons (Fsp3) is 0.667. The van der Waals surface area contributed by atoms with Gasteiger partial charge in [-0.25, -0.2) is 9.67 Å². The van der Waals surface area contributed by atoms with Crippen LogP contribution in [0.15, 0.2) is 12.4 Å². The van der Waals surface area contributed by atoms with Gasteiger partial charge in [0.15, 0.2) is 0 Å². The molecule has 140 valence electrons. The minimum atomic E-state index is -1.15. The normalized spacial score (nSPS) is 23.3. The summed E-state index contributed by atoms with van der Waals surface area (Å²) < 4.78 is 3.82. The second-order valence-corrected chi connectivity index (χ2v) is 7.73. The Hall–Kier alpha value is -2.22. The number of piperidine rings is 1. The van der Waals surface area contributed by atoms with Gasteiger partial charge >= 0.3 is 0 Å². The van der Waals surface area contributed by atoms with Crippen molar-refractivity contribution in [1.29, 1.82) is 0 Å². The van der Waals surface area contributed by atoms with E-state index in [0.717, 1.165) is 38.1 Å². The van der Waals surface area contributed by atoms with Crippen molar-refractivity contribution in [2.24, 2.45) is 0 Å². The van der Waals surface area contributed by atoms with Crippen LogP contribution in [-0.2, 0) is 18.6 Å². The molecule has 1 atom stereocenters. The first-order chi connectivity index (χ1) is 12.5. The SMILES string of the molecule is CC(C)n1cc([C@]2(O)CCCN(C(=O)c3cn4c(n3)CCCC4)C2)nn1. The van der Waals surface area contributed by atoms with E-state index in [1.807, 2.05) is 20.0 Å². The highest BCUT2D eigenvalue weighted by Crippen LogP contribution is 2.31. The topological polar surface area (TPSA) is 89.1 Å². The molecule has 4 rings (SSSR count). The number of carbonyl (C=O) groups excluding carboxylic acids is 1. The van der Waals surface area contributed by atoms with E-state index >= 15 is 0 Å². The number of fused-ring (bicyclic) bond motifs is 1. The molecule has 4 heterocycles. The molecule has 26 heavy (non-hydrogen) atoms. The van der Waals surface area contributed by atoms with Crippen molar-refractivity contribution in [3.63, 3.8) is 0 Å².